The summed E-state index contributed by atoms with van der Waals surface area (Å²) >= 11 is 0. The summed E-state index contributed by atoms with van der Waals surface area (Å²) in [4.78, 5) is 2.78. The summed E-state index contributed by atoms with van der Waals surface area (Å²) in [6, 6.07) is 10.0. The van der Waals surface area contributed by atoms with Gasteiger partial charge in [-0.25, -0.2) is 0 Å². The molecule has 0 aliphatic heterocycles. The van der Waals surface area contributed by atoms with E-state index in [-0.39, 0.29) is 0 Å². The number of anilines is 1. The Labute approximate surface area is 123 Å². The highest BCUT2D eigenvalue weighted by molar-refractivity contribution is 5.40. The molecule has 0 heterocycles. The second-order valence-electron chi connectivity index (χ2n) is 7.22. The highest BCUT2D eigenvalue weighted by atomic mass is 15.2. The van der Waals surface area contributed by atoms with Crippen molar-refractivity contribution in [3.63, 3.8) is 0 Å². The van der Waals surface area contributed by atoms with E-state index in [4.69, 9.17) is 5.73 Å². The van der Waals surface area contributed by atoms with Crippen molar-refractivity contribution in [1.29, 1.82) is 0 Å². The van der Waals surface area contributed by atoms with Crippen LogP contribution in [0.1, 0.15) is 51.5 Å². The van der Waals surface area contributed by atoms with Crippen molar-refractivity contribution < 1.29 is 0 Å². The van der Waals surface area contributed by atoms with E-state index in [1.807, 2.05) is 6.07 Å². The third-order valence-electron chi connectivity index (χ3n) is 4.95. The molecule has 2 aliphatic carbocycles. The van der Waals surface area contributed by atoms with Crippen LogP contribution in [0.2, 0.25) is 0 Å². The zero-order valence-corrected chi connectivity index (χ0v) is 12.9. The van der Waals surface area contributed by atoms with Crippen molar-refractivity contribution in [2.75, 3.05) is 5.73 Å². The van der Waals surface area contributed by atoms with Gasteiger partial charge in [0.15, 0.2) is 0 Å². The normalized spacial score (nSPS) is 30.6. The van der Waals surface area contributed by atoms with Crippen LogP contribution >= 0.6 is 0 Å². The van der Waals surface area contributed by atoms with Crippen molar-refractivity contribution in [2.24, 2.45) is 11.8 Å². The molecule has 2 heteroatoms. The number of nitrogen functional groups attached to an aromatic ring is 1. The van der Waals surface area contributed by atoms with Crippen LogP contribution in [-0.2, 0) is 6.54 Å². The van der Waals surface area contributed by atoms with E-state index in [9.17, 15) is 0 Å². The fourth-order valence-electron chi connectivity index (χ4n) is 4.04. The van der Waals surface area contributed by atoms with Crippen LogP contribution in [0.15, 0.2) is 24.3 Å². The Morgan fingerprint density at radius 3 is 2.35 bits per heavy atom. The summed E-state index contributed by atoms with van der Waals surface area (Å²) in [5, 5.41) is 0. The SMILES string of the molecule is CC1CC(C)CC(N(Cc2cccc(N)c2)C2CC2)C1. The van der Waals surface area contributed by atoms with Crippen molar-refractivity contribution in [2.45, 2.75) is 64.6 Å². The van der Waals surface area contributed by atoms with Gasteiger partial charge in [0.2, 0.25) is 0 Å². The largest absolute Gasteiger partial charge is 0.399 e. The quantitative estimate of drug-likeness (QED) is 0.838. The zero-order valence-electron chi connectivity index (χ0n) is 12.9. The molecule has 0 spiro atoms. The molecule has 2 fully saturated rings. The Morgan fingerprint density at radius 1 is 1.05 bits per heavy atom. The van der Waals surface area contributed by atoms with E-state index < -0.39 is 0 Å². The molecule has 2 nitrogen and oxygen atoms in total. The van der Waals surface area contributed by atoms with E-state index in [0.717, 1.165) is 36.2 Å². The lowest BCUT2D eigenvalue weighted by molar-refractivity contribution is 0.0958. The van der Waals surface area contributed by atoms with Gasteiger partial charge in [0, 0.05) is 24.3 Å². The lowest BCUT2D eigenvalue weighted by atomic mass is 9.79. The van der Waals surface area contributed by atoms with Crippen LogP contribution in [0.3, 0.4) is 0 Å². The Morgan fingerprint density at radius 2 is 1.75 bits per heavy atom. The summed E-state index contributed by atoms with van der Waals surface area (Å²) in [5.41, 5.74) is 8.20. The number of nitrogens with two attached hydrogens (primary N) is 1. The van der Waals surface area contributed by atoms with Crippen molar-refractivity contribution >= 4 is 5.69 Å². The van der Waals surface area contributed by atoms with Crippen molar-refractivity contribution in [3.8, 4) is 0 Å². The molecule has 2 saturated carbocycles. The second kappa shape index (κ2) is 5.77. The molecular weight excluding hydrogens is 244 g/mol. The molecule has 3 rings (SSSR count). The first-order valence-corrected chi connectivity index (χ1v) is 8.22. The van der Waals surface area contributed by atoms with Crippen LogP contribution in [0, 0.1) is 11.8 Å². The summed E-state index contributed by atoms with van der Waals surface area (Å²) in [6.45, 7) is 5.93. The van der Waals surface area contributed by atoms with Gasteiger partial charge in [-0.1, -0.05) is 26.0 Å². The molecule has 0 aromatic heterocycles. The van der Waals surface area contributed by atoms with Gasteiger partial charge < -0.3 is 5.73 Å². The minimum absolute atomic E-state index is 0.780. The minimum Gasteiger partial charge on any atom is -0.399 e. The molecule has 0 saturated heterocycles. The molecule has 0 amide bonds. The van der Waals surface area contributed by atoms with Crippen LogP contribution in [0.5, 0.6) is 0 Å². The zero-order chi connectivity index (χ0) is 14.1. The number of benzene rings is 1. The predicted molar refractivity (Wildman–Crippen MR) is 85.4 cm³/mol. The molecule has 20 heavy (non-hydrogen) atoms. The first-order valence-electron chi connectivity index (χ1n) is 8.22. The van der Waals surface area contributed by atoms with Gasteiger partial charge in [0.1, 0.15) is 0 Å². The Kier molecular flexibility index (Phi) is 4.02. The van der Waals surface area contributed by atoms with E-state index in [1.165, 1.54) is 37.7 Å². The molecule has 1 aromatic rings. The van der Waals surface area contributed by atoms with E-state index in [1.54, 1.807) is 0 Å². The van der Waals surface area contributed by atoms with Gasteiger partial charge in [0.05, 0.1) is 0 Å². The summed E-state index contributed by atoms with van der Waals surface area (Å²) in [5.74, 6) is 1.76. The Bertz CT molecular complexity index is 442. The van der Waals surface area contributed by atoms with Crippen molar-refractivity contribution in [1.82, 2.24) is 4.90 Å². The lowest BCUT2D eigenvalue weighted by Crippen LogP contribution is -2.41. The molecule has 1 aromatic carbocycles. The number of nitrogens with zero attached hydrogens (tertiary/aromatic N) is 1. The molecule has 2 aliphatic rings. The van der Waals surface area contributed by atoms with Gasteiger partial charge in [0.25, 0.3) is 0 Å². The fourth-order valence-corrected chi connectivity index (χ4v) is 4.04. The van der Waals surface area contributed by atoms with Gasteiger partial charge >= 0.3 is 0 Å². The highest BCUT2D eigenvalue weighted by Crippen LogP contribution is 2.38. The van der Waals surface area contributed by atoms with E-state index >= 15 is 0 Å². The van der Waals surface area contributed by atoms with Crippen LogP contribution in [0.4, 0.5) is 5.69 Å². The maximum atomic E-state index is 5.93. The Balaban J connectivity index is 1.72. The first-order chi connectivity index (χ1) is 9.61. The van der Waals surface area contributed by atoms with Crippen LogP contribution in [0.25, 0.3) is 0 Å². The molecule has 2 unspecified atom stereocenters. The van der Waals surface area contributed by atoms with Crippen LogP contribution in [-0.4, -0.2) is 17.0 Å². The van der Waals surface area contributed by atoms with E-state index in [0.29, 0.717) is 0 Å². The number of hydrogen-bond donors (Lipinski definition) is 1. The maximum Gasteiger partial charge on any atom is 0.0317 e. The van der Waals surface area contributed by atoms with Gasteiger partial charge in [-0.15, -0.1) is 0 Å². The number of hydrogen-bond acceptors (Lipinski definition) is 2. The Hall–Kier alpha value is -1.02. The third kappa shape index (κ3) is 3.35. The van der Waals surface area contributed by atoms with Crippen LogP contribution < -0.4 is 5.73 Å². The van der Waals surface area contributed by atoms with Crippen molar-refractivity contribution in [3.05, 3.63) is 29.8 Å². The van der Waals surface area contributed by atoms with Gasteiger partial charge in [-0.05, 0) is 61.6 Å². The second-order valence-corrected chi connectivity index (χ2v) is 7.22. The highest BCUT2D eigenvalue weighted by Gasteiger charge is 2.36. The molecule has 2 atom stereocenters. The number of rotatable bonds is 4. The maximum absolute atomic E-state index is 5.93. The first kappa shape index (κ1) is 13.9. The minimum atomic E-state index is 0.780. The predicted octanol–water partition coefficient (Wildman–Crippen LogP) is 4.06. The summed E-state index contributed by atoms with van der Waals surface area (Å²) in [6.07, 6.45) is 6.95. The topological polar surface area (TPSA) is 29.3 Å². The molecule has 2 N–H and O–H groups in total. The molecule has 0 radical (unpaired) electrons. The monoisotopic (exact) mass is 272 g/mol. The van der Waals surface area contributed by atoms with Gasteiger partial charge in [-0.3, -0.25) is 4.90 Å². The average Bonchev–Trinajstić information content (AvgIpc) is 3.19. The standard InChI is InChI=1S/C18H28N2/c1-13-8-14(2)10-18(9-13)20(17-6-7-17)12-15-4-3-5-16(19)11-15/h3-5,11,13-14,17-18H,6-10,12,19H2,1-2H3. The molecule has 110 valence electrons. The molecular formula is C18H28N2. The molecule has 0 bridgehead atoms. The van der Waals surface area contributed by atoms with Gasteiger partial charge in [-0.2, -0.15) is 0 Å². The average molecular weight is 272 g/mol. The summed E-state index contributed by atoms with van der Waals surface area (Å²) in [7, 11) is 0. The fraction of sp³-hybridized carbons (Fsp3) is 0.667. The summed E-state index contributed by atoms with van der Waals surface area (Å²) < 4.78 is 0. The van der Waals surface area contributed by atoms with E-state index in [2.05, 4.69) is 36.9 Å². The third-order valence-corrected chi connectivity index (χ3v) is 4.95. The lowest BCUT2D eigenvalue weighted by Gasteiger charge is -2.39. The smallest absolute Gasteiger partial charge is 0.0317 e.